The Morgan fingerprint density at radius 2 is 2.11 bits per heavy atom. The second kappa shape index (κ2) is 5.33. The number of ether oxygens (including phenoxy) is 1. The Morgan fingerprint density at radius 1 is 1.42 bits per heavy atom. The largest absolute Gasteiger partial charge is 0.468 e. The normalized spacial score (nSPS) is 15.7. The van der Waals surface area contributed by atoms with Crippen LogP contribution < -0.4 is 0 Å². The summed E-state index contributed by atoms with van der Waals surface area (Å²) in [5.41, 5.74) is 0.0982. The maximum atomic E-state index is 12.3. The number of hydrogen-bond donors (Lipinski definition) is 0. The van der Waals surface area contributed by atoms with Gasteiger partial charge in [-0.2, -0.15) is 0 Å². The first-order valence-electron chi connectivity index (χ1n) is 6.08. The molecule has 0 aliphatic heterocycles. The first-order chi connectivity index (χ1) is 8.99. The van der Waals surface area contributed by atoms with Gasteiger partial charge in [-0.1, -0.05) is 28.1 Å². The van der Waals surface area contributed by atoms with Crippen molar-refractivity contribution >= 4 is 27.8 Å². The Kier molecular flexibility index (Phi) is 3.94. The number of benzene rings is 1. The Labute approximate surface area is 120 Å². The molecule has 1 fully saturated rings. The molecule has 1 amide bonds. The minimum atomic E-state index is -0.921. The van der Waals surface area contributed by atoms with Gasteiger partial charge in [-0.05, 0) is 30.5 Å². The maximum Gasteiger partial charge on any atom is 0.321 e. The van der Waals surface area contributed by atoms with E-state index in [1.165, 1.54) is 7.11 Å². The van der Waals surface area contributed by atoms with Crippen LogP contribution in [0.2, 0.25) is 0 Å². The van der Waals surface area contributed by atoms with E-state index in [4.69, 9.17) is 4.74 Å². The average Bonchev–Trinajstić information content (AvgIpc) is 3.18. The smallest absolute Gasteiger partial charge is 0.321 e. The Morgan fingerprint density at radius 3 is 2.63 bits per heavy atom. The van der Waals surface area contributed by atoms with E-state index < -0.39 is 11.4 Å². The van der Waals surface area contributed by atoms with E-state index in [0.29, 0.717) is 19.4 Å². The lowest BCUT2D eigenvalue weighted by Gasteiger charge is -2.22. The van der Waals surface area contributed by atoms with Crippen LogP contribution in [0.25, 0.3) is 0 Å². The quantitative estimate of drug-likeness (QED) is 0.630. The van der Waals surface area contributed by atoms with E-state index in [9.17, 15) is 9.59 Å². The fourth-order valence-corrected chi connectivity index (χ4v) is 2.62. The van der Waals surface area contributed by atoms with Crippen LogP contribution in [0.1, 0.15) is 18.4 Å². The molecule has 1 aliphatic carbocycles. The third-order valence-corrected chi connectivity index (χ3v) is 3.88. The van der Waals surface area contributed by atoms with E-state index in [1.54, 1.807) is 11.9 Å². The molecule has 1 aliphatic rings. The van der Waals surface area contributed by atoms with Gasteiger partial charge in [0.1, 0.15) is 5.41 Å². The van der Waals surface area contributed by atoms with E-state index >= 15 is 0 Å². The number of carbonyl (C=O) groups is 2. The van der Waals surface area contributed by atoms with Crippen molar-refractivity contribution in [2.45, 2.75) is 19.4 Å². The van der Waals surface area contributed by atoms with Gasteiger partial charge < -0.3 is 9.64 Å². The van der Waals surface area contributed by atoms with Crippen molar-refractivity contribution in [1.29, 1.82) is 0 Å². The van der Waals surface area contributed by atoms with Gasteiger partial charge >= 0.3 is 5.97 Å². The first kappa shape index (κ1) is 14.1. The summed E-state index contributed by atoms with van der Waals surface area (Å²) in [6.45, 7) is 0.483. The molecule has 0 radical (unpaired) electrons. The molecule has 0 N–H and O–H groups in total. The van der Waals surface area contributed by atoms with Crippen molar-refractivity contribution in [2.75, 3.05) is 14.2 Å². The molecule has 19 heavy (non-hydrogen) atoms. The summed E-state index contributed by atoms with van der Waals surface area (Å²) in [6, 6.07) is 7.76. The summed E-state index contributed by atoms with van der Waals surface area (Å²) in [5, 5.41) is 0. The summed E-state index contributed by atoms with van der Waals surface area (Å²) in [7, 11) is 3.04. The number of methoxy groups -OCH3 is 1. The number of hydrogen-bond acceptors (Lipinski definition) is 3. The topological polar surface area (TPSA) is 46.6 Å². The zero-order chi connectivity index (χ0) is 14.0. The van der Waals surface area contributed by atoms with Crippen molar-refractivity contribution in [1.82, 2.24) is 4.90 Å². The molecule has 0 aromatic heterocycles. The maximum absolute atomic E-state index is 12.3. The van der Waals surface area contributed by atoms with Crippen LogP contribution in [-0.4, -0.2) is 30.9 Å². The van der Waals surface area contributed by atoms with Crippen molar-refractivity contribution in [3.63, 3.8) is 0 Å². The highest BCUT2D eigenvalue weighted by Gasteiger charge is 2.58. The number of amides is 1. The molecule has 0 spiro atoms. The molecular formula is C14H16BrNO3. The number of esters is 1. The highest BCUT2D eigenvalue weighted by atomic mass is 79.9. The van der Waals surface area contributed by atoms with Gasteiger partial charge in [-0.15, -0.1) is 0 Å². The van der Waals surface area contributed by atoms with Gasteiger partial charge in [-0.3, -0.25) is 9.59 Å². The Bertz CT molecular complexity index is 511. The lowest BCUT2D eigenvalue weighted by Crippen LogP contribution is -2.38. The molecule has 0 unspecified atom stereocenters. The predicted molar refractivity (Wildman–Crippen MR) is 74.3 cm³/mol. The first-order valence-corrected chi connectivity index (χ1v) is 6.87. The molecule has 4 nitrogen and oxygen atoms in total. The van der Waals surface area contributed by atoms with E-state index in [1.807, 2.05) is 24.3 Å². The third-order valence-electron chi connectivity index (χ3n) is 3.39. The second-order valence-electron chi connectivity index (χ2n) is 4.86. The van der Waals surface area contributed by atoms with Crippen molar-refractivity contribution in [2.24, 2.45) is 5.41 Å². The molecular weight excluding hydrogens is 310 g/mol. The molecule has 1 saturated carbocycles. The minimum absolute atomic E-state index is 0.153. The number of halogens is 1. The van der Waals surface area contributed by atoms with Crippen LogP contribution in [0.15, 0.2) is 28.7 Å². The highest BCUT2D eigenvalue weighted by molar-refractivity contribution is 9.10. The van der Waals surface area contributed by atoms with E-state index in [0.717, 1.165) is 10.0 Å². The van der Waals surface area contributed by atoms with Crippen LogP contribution in [0, 0.1) is 5.41 Å². The molecule has 1 aromatic carbocycles. The SMILES string of the molecule is COC(=O)C1(C(=O)N(C)Cc2cccc(Br)c2)CC1. The van der Waals surface area contributed by atoms with Gasteiger partial charge in [0.15, 0.2) is 0 Å². The third kappa shape index (κ3) is 2.81. The summed E-state index contributed by atoms with van der Waals surface area (Å²) < 4.78 is 5.70. The number of nitrogens with zero attached hydrogens (tertiary/aromatic N) is 1. The molecule has 0 heterocycles. The standard InChI is InChI=1S/C14H16BrNO3/c1-16(9-10-4-3-5-11(15)8-10)12(17)14(6-7-14)13(18)19-2/h3-5,8H,6-7,9H2,1-2H3. The fourth-order valence-electron chi connectivity index (χ4n) is 2.17. The van der Waals surface area contributed by atoms with Gasteiger partial charge in [-0.25, -0.2) is 0 Å². The second-order valence-corrected chi connectivity index (χ2v) is 5.78. The monoisotopic (exact) mass is 325 g/mol. The average molecular weight is 326 g/mol. The zero-order valence-electron chi connectivity index (χ0n) is 11.0. The minimum Gasteiger partial charge on any atom is -0.468 e. The molecule has 0 atom stereocenters. The Balaban J connectivity index is 2.06. The summed E-state index contributed by atoms with van der Waals surface area (Å²) in [6.07, 6.45) is 1.17. The lowest BCUT2D eigenvalue weighted by molar-refractivity contribution is -0.155. The molecule has 0 saturated heterocycles. The summed E-state index contributed by atoms with van der Waals surface area (Å²) >= 11 is 3.40. The molecule has 1 aromatic rings. The van der Waals surface area contributed by atoms with E-state index in [-0.39, 0.29) is 5.91 Å². The fraction of sp³-hybridized carbons (Fsp3) is 0.429. The van der Waals surface area contributed by atoms with Crippen molar-refractivity contribution < 1.29 is 14.3 Å². The number of rotatable bonds is 4. The van der Waals surface area contributed by atoms with Crippen LogP contribution >= 0.6 is 15.9 Å². The van der Waals surface area contributed by atoms with Crippen LogP contribution in [0.4, 0.5) is 0 Å². The van der Waals surface area contributed by atoms with Gasteiger partial charge in [0.2, 0.25) is 5.91 Å². The van der Waals surface area contributed by atoms with Crippen LogP contribution in [0.3, 0.4) is 0 Å². The number of carbonyl (C=O) groups excluding carboxylic acids is 2. The van der Waals surface area contributed by atoms with Gasteiger partial charge in [0, 0.05) is 18.1 Å². The molecule has 2 rings (SSSR count). The van der Waals surface area contributed by atoms with Gasteiger partial charge in [0.25, 0.3) is 0 Å². The summed E-state index contributed by atoms with van der Waals surface area (Å²) in [5.74, 6) is -0.571. The van der Waals surface area contributed by atoms with E-state index in [2.05, 4.69) is 15.9 Å². The lowest BCUT2D eigenvalue weighted by atomic mass is 10.1. The summed E-state index contributed by atoms with van der Waals surface area (Å²) in [4.78, 5) is 25.6. The van der Waals surface area contributed by atoms with Crippen molar-refractivity contribution in [3.05, 3.63) is 34.3 Å². The Hall–Kier alpha value is -1.36. The molecule has 102 valence electrons. The van der Waals surface area contributed by atoms with Crippen LogP contribution in [-0.2, 0) is 20.9 Å². The van der Waals surface area contributed by atoms with Gasteiger partial charge in [0.05, 0.1) is 7.11 Å². The zero-order valence-corrected chi connectivity index (χ0v) is 12.6. The molecule has 0 bridgehead atoms. The van der Waals surface area contributed by atoms with Crippen LogP contribution in [0.5, 0.6) is 0 Å². The predicted octanol–water partition coefficient (Wildman–Crippen LogP) is 2.36. The highest BCUT2D eigenvalue weighted by Crippen LogP contribution is 2.48. The van der Waals surface area contributed by atoms with Crippen molar-refractivity contribution in [3.8, 4) is 0 Å². The molecule has 5 heteroatoms.